The van der Waals surface area contributed by atoms with Gasteiger partial charge in [-0.25, -0.2) is 9.61 Å². The number of H-pyrrole nitrogens is 1. The topological polar surface area (TPSA) is 83.7 Å². The van der Waals surface area contributed by atoms with E-state index in [4.69, 9.17) is 0 Å². The van der Waals surface area contributed by atoms with Crippen molar-refractivity contribution in [2.45, 2.75) is 25.4 Å². The van der Waals surface area contributed by atoms with Crippen LogP contribution in [0, 0.1) is 0 Å². The van der Waals surface area contributed by atoms with Crippen molar-refractivity contribution in [3.63, 3.8) is 0 Å². The summed E-state index contributed by atoms with van der Waals surface area (Å²) in [5.41, 5.74) is 0.853. The van der Waals surface area contributed by atoms with Gasteiger partial charge in [-0.1, -0.05) is 10.3 Å². The second-order valence-electron chi connectivity index (χ2n) is 3.90. The zero-order valence-corrected chi connectivity index (χ0v) is 8.70. The SMILES string of the molecule is c1n[nH]c([C@@H]2CCCN2Cc2cnon2)n1. The van der Waals surface area contributed by atoms with Crippen molar-refractivity contribution in [2.75, 3.05) is 6.54 Å². The predicted octanol–water partition coefficient (Wildman–Crippen LogP) is 0.525. The minimum absolute atomic E-state index is 0.305. The van der Waals surface area contributed by atoms with Gasteiger partial charge in [-0.3, -0.25) is 10.00 Å². The molecule has 1 aliphatic heterocycles. The third-order valence-corrected chi connectivity index (χ3v) is 2.88. The van der Waals surface area contributed by atoms with Crippen LogP contribution in [0.5, 0.6) is 0 Å². The molecule has 0 spiro atoms. The molecule has 0 saturated carbocycles. The van der Waals surface area contributed by atoms with Crippen molar-refractivity contribution in [2.24, 2.45) is 0 Å². The Morgan fingerprint density at radius 3 is 3.31 bits per heavy atom. The third kappa shape index (κ3) is 1.69. The van der Waals surface area contributed by atoms with Crippen LogP contribution in [0.25, 0.3) is 0 Å². The molecule has 16 heavy (non-hydrogen) atoms. The molecule has 0 unspecified atom stereocenters. The predicted molar refractivity (Wildman–Crippen MR) is 53.1 cm³/mol. The zero-order valence-electron chi connectivity index (χ0n) is 8.70. The number of aromatic nitrogens is 5. The fourth-order valence-corrected chi connectivity index (χ4v) is 2.16. The number of nitrogens with one attached hydrogen (secondary N) is 1. The van der Waals surface area contributed by atoms with Crippen LogP contribution < -0.4 is 0 Å². The van der Waals surface area contributed by atoms with E-state index < -0.39 is 0 Å². The Morgan fingerprint density at radius 1 is 1.56 bits per heavy atom. The number of hydrogen-bond donors (Lipinski definition) is 1. The Hall–Kier alpha value is -1.76. The lowest BCUT2D eigenvalue weighted by Crippen LogP contribution is -2.23. The first-order valence-electron chi connectivity index (χ1n) is 5.29. The molecule has 1 fully saturated rings. The lowest BCUT2D eigenvalue weighted by atomic mass is 10.2. The Bertz CT molecular complexity index is 425. The van der Waals surface area contributed by atoms with E-state index in [-0.39, 0.29) is 0 Å². The molecule has 3 rings (SSSR count). The lowest BCUT2D eigenvalue weighted by Gasteiger charge is -2.20. The summed E-state index contributed by atoms with van der Waals surface area (Å²) in [4.78, 5) is 6.52. The van der Waals surface area contributed by atoms with Crippen LogP contribution in [-0.2, 0) is 6.54 Å². The molecule has 1 saturated heterocycles. The van der Waals surface area contributed by atoms with Gasteiger partial charge in [-0.05, 0) is 19.4 Å². The highest BCUT2D eigenvalue weighted by atomic mass is 16.6. The maximum Gasteiger partial charge on any atom is 0.141 e. The summed E-state index contributed by atoms with van der Waals surface area (Å²) in [6.07, 6.45) is 5.45. The number of aromatic amines is 1. The van der Waals surface area contributed by atoms with Crippen LogP contribution in [0.3, 0.4) is 0 Å². The van der Waals surface area contributed by atoms with Crippen LogP contribution in [-0.4, -0.2) is 36.9 Å². The molecule has 1 aliphatic rings. The fraction of sp³-hybridized carbons (Fsp3) is 0.556. The van der Waals surface area contributed by atoms with Crippen LogP contribution in [0.1, 0.15) is 30.4 Å². The maximum atomic E-state index is 4.59. The monoisotopic (exact) mass is 220 g/mol. The van der Waals surface area contributed by atoms with Gasteiger partial charge in [-0.15, -0.1) is 0 Å². The van der Waals surface area contributed by atoms with E-state index in [1.165, 1.54) is 0 Å². The summed E-state index contributed by atoms with van der Waals surface area (Å²) < 4.78 is 4.59. The van der Waals surface area contributed by atoms with E-state index in [0.29, 0.717) is 6.04 Å². The molecule has 0 bridgehead atoms. The van der Waals surface area contributed by atoms with Crippen molar-refractivity contribution in [1.29, 1.82) is 0 Å². The molecule has 0 amide bonds. The molecule has 7 nitrogen and oxygen atoms in total. The van der Waals surface area contributed by atoms with Crippen LogP contribution in [0.4, 0.5) is 0 Å². The fourth-order valence-electron chi connectivity index (χ4n) is 2.16. The van der Waals surface area contributed by atoms with Gasteiger partial charge >= 0.3 is 0 Å². The van der Waals surface area contributed by atoms with Crippen molar-refractivity contribution < 1.29 is 4.63 Å². The van der Waals surface area contributed by atoms with Gasteiger partial charge in [0.1, 0.15) is 17.8 Å². The number of hydrogen-bond acceptors (Lipinski definition) is 6. The van der Waals surface area contributed by atoms with E-state index in [2.05, 4.69) is 35.0 Å². The highest BCUT2D eigenvalue weighted by Crippen LogP contribution is 2.30. The standard InChI is InChI=1S/C9H12N6O/c1-2-8(9-10-6-11-13-9)15(3-1)5-7-4-12-16-14-7/h4,6,8H,1-3,5H2,(H,10,11,13)/t8-/m0/s1. The Morgan fingerprint density at radius 2 is 2.56 bits per heavy atom. The van der Waals surface area contributed by atoms with E-state index in [1.807, 2.05) is 0 Å². The molecule has 2 aromatic rings. The molecule has 2 aromatic heterocycles. The minimum Gasteiger partial charge on any atom is -0.287 e. The molecular weight excluding hydrogens is 208 g/mol. The zero-order chi connectivity index (χ0) is 10.8. The molecule has 1 atom stereocenters. The normalized spacial score (nSPS) is 21.6. The van der Waals surface area contributed by atoms with Crippen LogP contribution in [0.15, 0.2) is 17.2 Å². The first kappa shape index (κ1) is 9.46. The second-order valence-corrected chi connectivity index (χ2v) is 3.90. The lowest BCUT2D eigenvalue weighted by molar-refractivity contribution is 0.229. The van der Waals surface area contributed by atoms with E-state index in [0.717, 1.165) is 37.4 Å². The molecular formula is C9H12N6O. The molecule has 0 aromatic carbocycles. The van der Waals surface area contributed by atoms with E-state index in [1.54, 1.807) is 12.5 Å². The first-order valence-corrected chi connectivity index (χ1v) is 5.29. The summed E-state index contributed by atoms with van der Waals surface area (Å²) >= 11 is 0. The number of nitrogens with zero attached hydrogens (tertiary/aromatic N) is 5. The highest BCUT2D eigenvalue weighted by Gasteiger charge is 2.28. The summed E-state index contributed by atoms with van der Waals surface area (Å²) in [5, 5.41) is 14.2. The summed E-state index contributed by atoms with van der Waals surface area (Å²) in [5.74, 6) is 0.925. The van der Waals surface area contributed by atoms with Crippen LogP contribution >= 0.6 is 0 Å². The minimum atomic E-state index is 0.305. The van der Waals surface area contributed by atoms with Crippen molar-refractivity contribution >= 4 is 0 Å². The Balaban J connectivity index is 1.75. The second kappa shape index (κ2) is 4.01. The van der Waals surface area contributed by atoms with Gasteiger partial charge in [0.2, 0.25) is 0 Å². The molecule has 0 aliphatic carbocycles. The van der Waals surface area contributed by atoms with Gasteiger partial charge in [0, 0.05) is 6.54 Å². The smallest absolute Gasteiger partial charge is 0.141 e. The molecule has 3 heterocycles. The molecule has 0 radical (unpaired) electrons. The van der Waals surface area contributed by atoms with Gasteiger partial charge < -0.3 is 0 Å². The largest absolute Gasteiger partial charge is 0.287 e. The van der Waals surface area contributed by atoms with E-state index >= 15 is 0 Å². The first-order chi connectivity index (χ1) is 7.93. The van der Waals surface area contributed by atoms with Crippen molar-refractivity contribution in [3.8, 4) is 0 Å². The average molecular weight is 220 g/mol. The summed E-state index contributed by atoms with van der Waals surface area (Å²) in [7, 11) is 0. The average Bonchev–Trinajstić information content (AvgIpc) is 2.98. The Labute approximate surface area is 91.8 Å². The molecule has 7 heteroatoms. The summed E-state index contributed by atoms with van der Waals surface area (Å²) in [6.45, 7) is 1.78. The van der Waals surface area contributed by atoms with Gasteiger partial charge in [0.25, 0.3) is 0 Å². The summed E-state index contributed by atoms with van der Waals surface area (Å²) in [6, 6.07) is 0.305. The maximum absolute atomic E-state index is 4.59. The Kier molecular flexibility index (Phi) is 2.37. The number of rotatable bonds is 3. The van der Waals surface area contributed by atoms with Gasteiger partial charge in [0.05, 0.1) is 12.2 Å². The van der Waals surface area contributed by atoms with Crippen LogP contribution in [0.2, 0.25) is 0 Å². The molecule has 84 valence electrons. The molecule has 1 N–H and O–H groups in total. The van der Waals surface area contributed by atoms with Crippen molar-refractivity contribution in [3.05, 3.63) is 24.0 Å². The quantitative estimate of drug-likeness (QED) is 0.812. The van der Waals surface area contributed by atoms with Gasteiger partial charge in [0.15, 0.2) is 0 Å². The number of likely N-dealkylation sites (tertiary alicyclic amines) is 1. The van der Waals surface area contributed by atoms with Gasteiger partial charge in [-0.2, -0.15) is 5.10 Å². The van der Waals surface area contributed by atoms with E-state index in [9.17, 15) is 0 Å². The highest BCUT2D eigenvalue weighted by molar-refractivity contribution is 4.99. The third-order valence-electron chi connectivity index (χ3n) is 2.88. The van der Waals surface area contributed by atoms with Crippen molar-refractivity contribution in [1.82, 2.24) is 30.4 Å².